The molecule has 0 aliphatic carbocycles. The lowest BCUT2D eigenvalue weighted by Gasteiger charge is -2.10. The van der Waals surface area contributed by atoms with Crippen molar-refractivity contribution >= 4 is 11.9 Å². The standard InChI is InChI=1S/C9H12N4O4/c14-8(10-3-7-11-4-12-13-7)5-1-2-6(17-5)9(15)16/h4-6H,1-3H2,(H,10,14)(H,15,16)(H,11,12,13). The number of rotatable bonds is 4. The van der Waals surface area contributed by atoms with E-state index < -0.39 is 18.2 Å². The Morgan fingerprint density at radius 1 is 1.53 bits per heavy atom. The first-order valence-electron chi connectivity index (χ1n) is 5.17. The highest BCUT2D eigenvalue weighted by molar-refractivity contribution is 5.82. The molecular formula is C9H12N4O4. The SMILES string of the molecule is O=C(O)C1CCC(C(=O)NCc2ncn[nH]2)O1. The summed E-state index contributed by atoms with van der Waals surface area (Å²) in [4.78, 5) is 26.1. The quantitative estimate of drug-likeness (QED) is 0.624. The number of nitrogens with zero attached hydrogens (tertiary/aromatic N) is 2. The number of carbonyl (C=O) groups is 2. The summed E-state index contributed by atoms with van der Waals surface area (Å²) >= 11 is 0. The summed E-state index contributed by atoms with van der Waals surface area (Å²) in [7, 11) is 0. The third kappa shape index (κ3) is 2.78. The van der Waals surface area contributed by atoms with E-state index in [4.69, 9.17) is 9.84 Å². The zero-order valence-corrected chi connectivity index (χ0v) is 8.92. The fourth-order valence-electron chi connectivity index (χ4n) is 1.61. The minimum absolute atomic E-state index is 0.219. The van der Waals surface area contributed by atoms with E-state index in [1.807, 2.05) is 0 Å². The molecule has 17 heavy (non-hydrogen) atoms. The molecule has 2 atom stereocenters. The summed E-state index contributed by atoms with van der Waals surface area (Å²) in [6.07, 6.45) is 0.540. The molecule has 3 N–H and O–H groups in total. The molecule has 1 aliphatic heterocycles. The first-order valence-corrected chi connectivity index (χ1v) is 5.17. The van der Waals surface area contributed by atoms with Gasteiger partial charge in [0.2, 0.25) is 5.91 Å². The van der Waals surface area contributed by atoms with Crippen LogP contribution in [0, 0.1) is 0 Å². The van der Waals surface area contributed by atoms with E-state index in [0.717, 1.165) is 0 Å². The van der Waals surface area contributed by atoms with Crippen LogP contribution in [0.5, 0.6) is 0 Å². The van der Waals surface area contributed by atoms with E-state index in [0.29, 0.717) is 18.7 Å². The van der Waals surface area contributed by atoms with E-state index in [1.54, 1.807) is 0 Å². The van der Waals surface area contributed by atoms with Crippen LogP contribution in [0.3, 0.4) is 0 Å². The Hall–Kier alpha value is -1.96. The molecule has 2 heterocycles. The largest absolute Gasteiger partial charge is 0.479 e. The maximum atomic E-state index is 11.6. The van der Waals surface area contributed by atoms with Gasteiger partial charge in [0.05, 0.1) is 6.54 Å². The number of ether oxygens (including phenoxy) is 1. The topological polar surface area (TPSA) is 117 Å². The molecule has 0 aromatic carbocycles. The molecule has 1 aromatic heterocycles. The average Bonchev–Trinajstić information content (AvgIpc) is 2.96. The van der Waals surface area contributed by atoms with Crippen LogP contribution in [0.25, 0.3) is 0 Å². The lowest BCUT2D eigenvalue weighted by molar-refractivity contribution is -0.151. The van der Waals surface area contributed by atoms with Gasteiger partial charge in [0.15, 0.2) is 6.10 Å². The molecule has 1 fully saturated rings. The second kappa shape index (κ2) is 4.91. The monoisotopic (exact) mass is 240 g/mol. The molecule has 1 saturated heterocycles. The molecule has 1 aliphatic rings. The molecule has 0 radical (unpaired) electrons. The van der Waals surface area contributed by atoms with Crippen molar-refractivity contribution in [3.05, 3.63) is 12.2 Å². The van der Waals surface area contributed by atoms with Gasteiger partial charge in [0.25, 0.3) is 0 Å². The smallest absolute Gasteiger partial charge is 0.332 e. The maximum Gasteiger partial charge on any atom is 0.332 e. The minimum Gasteiger partial charge on any atom is -0.479 e. The molecule has 1 aromatic rings. The highest BCUT2D eigenvalue weighted by Gasteiger charge is 2.34. The molecule has 2 rings (SSSR count). The third-order valence-corrected chi connectivity index (χ3v) is 2.48. The number of aromatic nitrogens is 3. The number of carboxylic acids is 1. The normalized spacial score (nSPS) is 23.5. The minimum atomic E-state index is -1.03. The van der Waals surface area contributed by atoms with Gasteiger partial charge in [0, 0.05) is 0 Å². The number of hydrogen-bond acceptors (Lipinski definition) is 5. The lowest BCUT2D eigenvalue weighted by Crippen LogP contribution is -2.35. The Morgan fingerprint density at radius 2 is 2.29 bits per heavy atom. The molecule has 8 nitrogen and oxygen atoms in total. The third-order valence-electron chi connectivity index (χ3n) is 2.48. The number of hydrogen-bond donors (Lipinski definition) is 3. The van der Waals surface area contributed by atoms with Gasteiger partial charge in [0.1, 0.15) is 18.3 Å². The van der Waals surface area contributed by atoms with Crippen LogP contribution >= 0.6 is 0 Å². The second-order valence-corrected chi connectivity index (χ2v) is 3.68. The van der Waals surface area contributed by atoms with E-state index in [-0.39, 0.29) is 12.5 Å². The molecular weight excluding hydrogens is 228 g/mol. The van der Waals surface area contributed by atoms with Crippen molar-refractivity contribution in [1.82, 2.24) is 20.5 Å². The second-order valence-electron chi connectivity index (χ2n) is 3.68. The lowest BCUT2D eigenvalue weighted by atomic mass is 10.2. The van der Waals surface area contributed by atoms with Crippen molar-refractivity contribution < 1.29 is 19.4 Å². The fraction of sp³-hybridized carbons (Fsp3) is 0.556. The van der Waals surface area contributed by atoms with Crippen LogP contribution in [0.4, 0.5) is 0 Å². The average molecular weight is 240 g/mol. The van der Waals surface area contributed by atoms with Crippen LogP contribution in [0.15, 0.2) is 6.33 Å². The maximum absolute atomic E-state index is 11.6. The Bertz CT molecular complexity index is 405. The van der Waals surface area contributed by atoms with Gasteiger partial charge in [-0.15, -0.1) is 0 Å². The molecule has 0 spiro atoms. The Balaban J connectivity index is 1.79. The molecule has 1 amide bonds. The zero-order valence-electron chi connectivity index (χ0n) is 8.92. The first-order chi connectivity index (χ1) is 8.16. The van der Waals surface area contributed by atoms with E-state index >= 15 is 0 Å². The van der Waals surface area contributed by atoms with Crippen molar-refractivity contribution in [3.8, 4) is 0 Å². The number of carbonyl (C=O) groups excluding carboxylic acids is 1. The summed E-state index contributed by atoms with van der Waals surface area (Å²) in [5, 5.41) is 17.5. The molecule has 0 bridgehead atoms. The van der Waals surface area contributed by atoms with Gasteiger partial charge >= 0.3 is 5.97 Å². The predicted octanol–water partition coefficient (Wildman–Crippen LogP) is -0.947. The van der Waals surface area contributed by atoms with Crippen LogP contribution in [-0.2, 0) is 20.9 Å². The van der Waals surface area contributed by atoms with E-state index in [1.165, 1.54) is 6.33 Å². The fourth-order valence-corrected chi connectivity index (χ4v) is 1.61. The van der Waals surface area contributed by atoms with Gasteiger partial charge in [-0.3, -0.25) is 9.89 Å². The van der Waals surface area contributed by atoms with Crippen molar-refractivity contribution in [3.63, 3.8) is 0 Å². The van der Waals surface area contributed by atoms with E-state index in [9.17, 15) is 9.59 Å². The first kappa shape index (κ1) is 11.5. The van der Waals surface area contributed by atoms with E-state index in [2.05, 4.69) is 20.5 Å². The van der Waals surface area contributed by atoms with Crippen molar-refractivity contribution in [2.75, 3.05) is 0 Å². The summed E-state index contributed by atoms with van der Waals surface area (Å²) in [6, 6.07) is 0. The summed E-state index contributed by atoms with van der Waals surface area (Å²) in [5.74, 6) is -0.827. The highest BCUT2D eigenvalue weighted by Crippen LogP contribution is 2.19. The number of aromatic amines is 1. The van der Waals surface area contributed by atoms with Crippen molar-refractivity contribution in [1.29, 1.82) is 0 Å². The number of aliphatic carboxylic acids is 1. The van der Waals surface area contributed by atoms with Crippen LogP contribution in [0.1, 0.15) is 18.7 Å². The van der Waals surface area contributed by atoms with Gasteiger partial charge in [-0.25, -0.2) is 9.78 Å². The number of carboxylic acid groups (broad SMARTS) is 1. The number of amides is 1. The molecule has 0 saturated carbocycles. The number of H-pyrrole nitrogens is 1. The van der Waals surface area contributed by atoms with Gasteiger partial charge < -0.3 is 15.2 Å². The Morgan fingerprint density at radius 3 is 2.88 bits per heavy atom. The Kier molecular flexibility index (Phi) is 3.33. The van der Waals surface area contributed by atoms with Crippen LogP contribution in [0.2, 0.25) is 0 Å². The molecule has 2 unspecified atom stereocenters. The molecule has 8 heteroatoms. The van der Waals surface area contributed by atoms with Crippen LogP contribution < -0.4 is 5.32 Å². The van der Waals surface area contributed by atoms with Gasteiger partial charge in [-0.2, -0.15) is 5.10 Å². The van der Waals surface area contributed by atoms with Gasteiger partial charge in [-0.1, -0.05) is 0 Å². The summed E-state index contributed by atoms with van der Waals surface area (Å²) in [6.45, 7) is 0.219. The zero-order chi connectivity index (χ0) is 12.3. The number of nitrogens with one attached hydrogen (secondary N) is 2. The van der Waals surface area contributed by atoms with Crippen LogP contribution in [-0.4, -0.2) is 44.4 Å². The van der Waals surface area contributed by atoms with Gasteiger partial charge in [-0.05, 0) is 12.8 Å². The van der Waals surface area contributed by atoms with Crippen molar-refractivity contribution in [2.24, 2.45) is 0 Å². The summed E-state index contributed by atoms with van der Waals surface area (Å²) in [5.41, 5.74) is 0. The van der Waals surface area contributed by atoms with Crippen molar-refractivity contribution in [2.45, 2.75) is 31.6 Å². The Labute approximate surface area is 96.4 Å². The molecule has 92 valence electrons. The predicted molar refractivity (Wildman–Crippen MR) is 53.8 cm³/mol. The summed E-state index contributed by atoms with van der Waals surface area (Å²) < 4.78 is 5.10. The highest BCUT2D eigenvalue weighted by atomic mass is 16.5.